The lowest BCUT2D eigenvalue weighted by Crippen LogP contribution is -2.33. The van der Waals surface area contributed by atoms with Crippen LogP contribution < -0.4 is 5.32 Å². The number of rotatable bonds is 5. The molecule has 0 radical (unpaired) electrons. The molecule has 96 valence electrons. The molecule has 18 heavy (non-hydrogen) atoms. The number of nitrogens with one attached hydrogen (secondary N) is 1. The lowest BCUT2D eigenvalue weighted by atomic mass is 10.0. The quantitative estimate of drug-likeness (QED) is 0.871. The van der Waals surface area contributed by atoms with Crippen molar-refractivity contribution in [2.75, 3.05) is 0 Å². The first-order valence-electron chi connectivity index (χ1n) is 6.07. The zero-order chi connectivity index (χ0) is 13.5. The van der Waals surface area contributed by atoms with Crippen LogP contribution in [0.15, 0.2) is 24.3 Å². The minimum Gasteiger partial charge on any atom is -0.336 e. The Hall–Kier alpha value is -1.89. The molecule has 3 nitrogen and oxygen atoms in total. The average molecular weight is 248 g/mol. The van der Waals surface area contributed by atoms with E-state index in [0.717, 1.165) is 12.8 Å². The van der Waals surface area contributed by atoms with Gasteiger partial charge in [-0.3, -0.25) is 4.79 Å². The van der Waals surface area contributed by atoms with E-state index in [9.17, 15) is 9.18 Å². The lowest BCUT2D eigenvalue weighted by molar-refractivity contribution is -0.125. The van der Waals surface area contributed by atoms with Crippen molar-refractivity contribution in [3.8, 4) is 6.07 Å². The Kier molecular flexibility index (Phi) is 5.31. The number of nitrogens with zero attached hydrogens (tertiary/aromatic N) is 1. The standard InChI is InChI=1S/C14H17FN2O/c1-3-10(4-2)14(18)17-13(9-16)11-5-7-12(15)8-6-11/h5-8,10,13H,3-4H2,1-2H3,(H,17,18). The number of carbonyl (C=O) groups excluding carboxylic acids is 1. The molecule has 0 fully saturated rings. The summed E-state index contributed by atoms with van der Waals surface area (Å²) in [5.41, 5.74) is 0.596. The highest BCUT2D eigenvalue weighted by molar-refractivity contribution is 5.79. The summed E-state index contributed by atoms with van der Waals surface area (Å²) in [6.07, 6.45) is 1.48. The van der Waals surface area contributed by atoms with Gasteiger partial charge in [-0.1, -0.05) is 26.0 Å². The van der Waals surface area contributed by atoms with Gasteiger partial charge in [0.25, 0.3) is 0 Å². The summed E-state index contributed by atoms with van der Waals surface area (Å²) in [5.74, 6) is -0.570. The third kappa shape index (κ3) is 3.56. The Morgan fingerprint density at radius 2 is 1.89 bits per heavy atom. The maximum absolute atomic E-state index is 12.8. The highest BCUT2D eigenvalue weighted by atomic mass is 19.1. The summed E-state index contributed by atoms with van der Waals surface area (Å²) in [7, 11) is 0. The molecular weight excluding hydrogens is 231 g/mol. The van der Waals surface area contributed by atoms with E-state index in [4.69, 9.17) is 5.26 Å². The van der Waals surface area contributed by atoms with E-state index >= 15 is 0 Å². The van der Waals surface area contributed by atoms with Crippen molar-refractivity contribution < 1.29 is 9.18 Å². The molecule has 1 aromatic rings. The van der Waals surface area contributed by atoms with Gasteiger partial charge in [-0.25, -0.2) is 4.39 Å². The summed E-state index contributed by atoms with van der Waals surface area (Å²) in [4.78, 5) is 11.9. The van der Waals surface area contributed by atoms with Crippen molar-refractivity contribution >= 4 is 5.91 Å². The summed E-state index contributed by atoms with van der Waals surface area (Å²) in [5, 5.41) is 11.7. The molecule has 0 saturated heterocycles. The van der Waals surface area contributed by atoms with Crippen LogP contribution in [-0.2, 0) is 4.79 Å². The van der Waals surface area contributed by atoms with Crippen LogP contribution in [0.4, 0.5) is 4.39 Å². The van der Waals surface area contributed by atoms with Crippen molar-refractivity contribution in [3.63, 3.8) is 0 Å². The summed E-state index contributed by atoms with van der Waals surface area (Å²) in [6, 6.07) is 6.88. The predicted molar refractivity (Wildman–Crippen MR) is 67.0 cm³/mol. The maximum Gasteiger partial charge on any atom is 0.224 e. The maximum atomic E-state index is 12.8. The predicted octanol–water partition coefficient (Wildman–Crippen LogP) is 2.94. The molecule has 0 aliphatic carbocycles. The molecule has 1 rings (SSSR count). The third-order valence-electron chi connectivity index (χ3n) is 2.98. The third-order valence-corrected chi connectivity index (χ3v) is 2.98. The van der Waals surface area contributed by atoms with Gasteiger partial charge in [0.2, 0.25) is 5.91 Å². The minimum absolute atomic E-state index is 0.0821. The van der Waals surface area contributed by atoms with Gasteiger partial charge in [-0.15, -0.1) is 0 Å². The molecule has 4 heteroatoms. The average Bonchev–Trinajstić information content (AvgIpc) is 2.38. The number of halogens is 1. The van der Waals surface area contributed by atoms with E-state index in [0.29, 0.717) is 5.56 Å². The van der Waals surface area contributed by atoms with Gasteiger partial charge in [-0.2, -0.15) is 5.26 Å². The first kappa shape index (κ1) is 14.2. The second kappa shape index (κ2) is 6.75. The molecule has 1 aromatic carbocycles. The van der Waals surface area contributed by atoms with Gasteiger partial charge >= 0.3 is 0 Å². The summed E-state index contributed by atoms with van der Waals surface area (Å²) in [6.45, 7) is 3.88. The van der Waals surface area contributed by atoms with E-state index < -0.39 is 6.04 Å². The van der Waals surface area contributed by atoms with Crippen LogP contribution in [0.1, 0.15) is 38.3 Å². The van der Waals surface area contributed by atoms with Gasteiger partial charge in [0, 0.05) is 5.92 Å². The monoisotopic (exact) mass is 248 g/mol. The van der Waals surface area contributed by atoms with Crippen molar-refractivity contribution in [1.82, 2.24) is 5.32 Å². The Labute approximate surface area is 107 Å². The highest BCUT2D eigenvalue weighted by Crippen LogP contribution is 2.15. The Balaban J connectivity index is 2.77. The Bertz CT molecular complexity index is 432. The molecule has 0 saturated carbocycles. The van der Waals surface area contributed by atoms with Crippen molar-refractivity contribution in [1.29, 1.82) is 5.26 Å². The molecule has 0 bridgehead atoms. The summed E-state index contributed by atoms with van der Waals surface area (Å²) >= 11 is 0. The van der Waals surface area contributed by atoms with Crippen LogP contribution in [0.2, 0.25) is 0 Å². The van der Waals surface area contributed by atoms with Crippen molar-refractivity contribution in [3.05, 3.63) is 35.6 Å². The van der Waals surface area contributed by atoms with Gasteiger partial charge < -0.3 is 5.32 Å². The summed E-state index contributed by atoms with van der Waals surface area (Å²) < 4.78 is 12.8. The zero-order valence-electron chi connectivity index (χ0n) is 10.6. The molecule has 1 unspecified atom stereocenters. The number of hydrogen-bond donors (Lipinski definition) is 1. The number of hydrogen-bond acceptors (Lipinski definition) is 2. The second-order valence-electron chi connectivity index (χ2n) is 4.14. The lowest BCUT2D eigenvalue weighted by Gasteiger charge is -2.16. The van der Waals surface area contributed by atoms with Crippen LogP contribution in [0.3, 0.4) is 0 Å². The van der Waals surface area contributed by atoms with E-state index in [-0.39, 0.29) is 17.6 Å². The first-order chi connectivity index (χ1) is 8.62. The minimum atomic E-state index is -0.723. The highest BCUT2D eigenvalue weighted by Gasteiger charge is 2.19. The molecule has 0 spiro atoms. The van der Waals surface area contributed by atoms with Crippen molar-refractivity contribution in [2.45, 2.75) is 32.7 Å². The second-order valence-corrected chi connectivity index (χ2v) is 4.14. The van der Waals surface area contributed by atoms with E-state index in [2.05, 4.69) is 5.32 Å². The van der Waals surface area contributed by atoms with Crippen molar-refractivity contribution in [2.24, 2.45) is 5.92 Å². The van der Waals surface area contributed by atoms with Gasteiger partial charge in [0.1, 0.15) is 11.9 Å². The molecule has 0 heterocycles. The number of benzene rings is 1. The molecule has 1 atom stereocenters. The van der Waals surface area contributed by atoms with Crippen LogP contribution in [-0.4, -0.2) is 5.91 Å². The van der Waals surface area contributed by atoms with Crippen LogP contribution in [0.5, 0.6) is 0 Å². The van der Waals surface area contributed by atoms with E-state index in [1.807, 2.05) is 19.9 Å². The molecule has 0 aliphatic heterocycles. The first-order valence-corrected chi connectivity index (χ1v) is 6.07. The van der Waals surface area contributed by atoms with Gasteiger partial charge in [0.15, 0.2) is 0 Å². The molecule has 0 aliphatic rings. The normalized spacial score (nSPS) is 11.9. The fourth-order valence-electron chi connectivity index (χ4n) is 1.76. The smallest absolute Gasteiger partial charge is 0.224 e. The van der Waals surface area contributed by atoms with Crippen LogP contribution >= 0.6 is 0 Å². The van der Waals surface area contributed by atoms with E-state index in [1.165, 1.54) is 24.3 Å². The fraction of sp³-hybridized carbons (Fsp3) is 0.429. The number of carbonyl (C=O) groups is 1. The van der Waals surface area contributed by atoms with Crippen LogP contribution in [0.25, 0.3) is 0 Å². The largest absolute Gasteiger partial charge is 0.336 e. The molecule has 1 N–H and O–H groups in total. The zero-order valence-corrected chi connectivity index (χ0v) is 10.6. The fourth-order valence-corrected chi connectivity index (χ4v) is 1.76. The Morgan fingerprint density at radius 1 is 1.33 bits per heavy atom. The Morgan fingerprint density at radius 3 is 2.33 bits per heavy atom. The van der Waals surface area contributed by atoms with Gasteiger partial charge in [-0.05, 0) is 30.5 Å². The molecular formula is C14H17FN2O. The number of nitriles is 1. The van der Waals surface area contributed by atoms with Crippen LogP contribution in [0, 0.1) is 23.1 Å². The molecule has 1 amide bonds. The number of amides is 1. The topological polar surface area (TPSA) is 52.9 Å². The molecule has 0 aromatic heterocycles. The van der Waals surface area contributed by atoms with E-state index in [1.54, 1.807) is 0 Å². The van der Waals surface area contributed by atoms with Gasteiger partial charge in [0.05, 0.1) is 6.07 Å². The SMILES string of the molecule is CCC(CC)C(=O)NC(C#N)c1ccc(F)cc1.